The van der Waals surface area contributed by atoms with Gasteiger partial charge in [0.25, 0.3) is 0 Å². The molecule has 0 bridgehead atoms. The van der Waals surface area contributed by atoms with Crippen LogP contribution in [0.25, 0.3) is 27.5 Å². The van der Waals surface area contributed by atoms with Gasteiger partial charge in [-0.25, -0.2) is 9.50 Å². The first-order valence-corrected chi connectivity index (χ1v) is 10.4. The molecule has 0 amide bonds. The van der Waals surface area contributed by atoms with Gasteiger partial charge in [-0.1, -0.05) is 35.9 Å². The lowest BCUT2D eigenvalue weighted by molar-refractivity contribution is 0.288. The molecule has 0 radical (unpaired) electrons. The Kier molecular flexibility index (Phi) is 5.05. The summed E-state index contributed by atoms with van der Waals surface area (Å²) in [5, 5.41) is 20.1. The predicted octanol–water partition coefficient (Wildman–Crippen LogP) is 3.95. The summed E-state index contributed by atoms with van der Waals surface area (Å²) in [6.45, 7) is 0.769. The molecule has 0 saturated heterocycles. The largest absolute Gasteiger partial charge is 0.396 e. The Morgan fingerprint density at radius 1 is 1.10 bits per heavy atom. The average Bonchev–Trinajstić information content (AvgIpc) is 3.33. The number of aryl methyl sites for hydroxylation is 1. The van der Waals surface area contributed by atoms with E-state index in [-0.39, 0.29) is 6.61 Å². The second kappa shape index (κ2) is 8.02. The normalized spacial score (nSPS) is 11.5. The molecule has 0 aliphatic heterocycles. The van der Waals surface area contributed by atoms with Crippen LogP contribution >= 0.6 is 11.6 Å². The number of anilines is 1. The molecule has 0 unspecified atom stereocenters. The van der Waals surface area contributed by atoms with Crippen LogP contribution in [0.3, 0.4) is 0 Å². The van der Waals surface area contributed by atoms with Crippen molar-refractivity contribution in [1.82, 2.24) is 24.4 Å². The van der Waals surface area contributed by atoms with Crippen LogP contribution in [-0.2, 0) is 13.0 Å². The van der Waals surface area contributed by atoms with Crippen molar-refractivity contribution in [3.05, 3.63) is 77.3 Å². The zero-order valence-corrected chi connectivity index (χ0v) is 17.5. The van der Waals surface area contributed by atoms with Gasteiger partial charge in [-0.2, -0.15) is 10.2 Å². The molecule has 3 aromatic heterocycles. The van der Waals surface area contributed by atoms with Crippen LogP contribution in [0.15, 0.2) is 61.1 Å². The molecule has 0 spiro atoms. The molecule has 3 N–H and O–H groups in total. The Hall–Kier alpha value is -3.42. The van der Waals surface area contributed by atoms with Crippen molar-refractivity contribution in [2.24, 2.45) is 0 Å². The Balaban J connectivity index is 1.55. The molecule has 156 valence electrons. The van der Waals surface area contributed by atoms with Crippen LogP contribution in [0, 0.1) is 0 Å². The number of nitrogens with two attached hydrogens (primary N) is 1. The highest BCUT2D eigenvalue weighted by Gasteiger charge is 2.16. The zero-order chi connectivity index (χ0) is 21.4. The predicted molar refractivity (Wildman–Crippen MR) is 122 cm³/mol. The molecule has 0 atom stereocenters. The maximum atomic E-state index is 9.24. The fraction of sp³-hybridized carbons (Fsp3) is 0.174. The minimum Gasteiger partial charge on any atom is -0.396 e. The third-order valence-electron chi connectivity index (χ3n) is 5.35. The van der Waals surface area contributed by atoms with Gasteiger partial charge in [-0.05, 0) is 48.2 Å². The molecule has 5 rings (SSSR count). The standard InChI is InChI=1S/C23H21ClN6O/c24-18-4-1-3-15(9-18)12-29-13-17-7-6-16(10-21(17)28-29)20-11-19(5-2-8-31)30-22(20)23(25)26-14-27-30/h1,3-4,6-7,9-11,13-14,31H,2,5,8,12H2,(H2,25,26,27). The van der Waals surface area contributed by atoms with Crippen LogP contribution in [0.4, 0.5) is 5.82 Å². The van der Waals surface area contributed by atoms with Crippen molar-refractivity contribution in [3.8, 4) is 11.1 Å². The number of nitrogens with zero attached hydrogens (tertiary/aromatic N) is 5. The van der Waals surface area contributed by atoms with Gasteiger partial charge in [0.15, 0.2) is 5.82 Å². The summed E-state index contributed by atoms with van der Waals surface area (Å²) in [6, 6.07) is 16.0. The van der Waals surface area contributed by atoms with Crippen molar-refractivity contribution in [2.75, 3.05) is 12.3 Å². The highest BCUT2D eigenvalue weighted by Crippen LogP contribution is 2.32. The minimum atomic E-state index is 0.124. The lowest BCUT2D eigenvalue weighted by atomic mass is 10.0. The third kappa shape index (κ3) is 3.73. The second-order valence-corrected chi connectivity index (χ2v) is 7.95. The smallest absolute Gasteiger partial charge is 0.151 e. The molecular weight excluding hydrogens is 412 g/mol. The number of rotatable bonds is 6. The van der Waals surface area contributed by atoms with Crippen molar-refractivity contribution in [1.29, 1.82) is 0 Å². The molecule has 5 aromatic rings. The van der Waals surface area contributed by atoms with E-state index in [2.05, 4.69) is 34.3 Å². The highest BCUT2D eigenvalue weighted by molar-refractivity contribution is 6.30. The summed E-state index contributed by atoms with van der Waals surface area (Å²) >= 11 is 6.11. The summed E-state index contributed by atoms with van der Waals surface area (Å²) < 4.78 is 3.73. The molecule has 31 heavy (non-hydrogen) atoms. The maximum absolute atomic E-state index is 9.24. The van der Waals surface area contributed by atoms with Gasteiger partial charge in [0.1, 0.15) is 11.8 Å². The second-order valence-electron chi connectivity index (χ2n) is 7.51. The van der Waals surface area contributed by atoms with Crippen LogP contribution in [-0.4, -0.2) is 36.1 Å². The number of halogens is 1. The van der Waals surface area contributed by atoms with E-state index < -0.39 is 0 Å². The molecule has 8 heteroatoms. The topological polar surface area (TPSA) is 94.3 Å². The Labute approximate surface area is 183 Å². The maximum Gasteiger partial charge on any atom is 0.151 e. The monoisotopic (exact) mass is 432 g/mol. The van der Waals surface area contributed by atoms with E-state index in [1.807, 2.05) is 39.7 Å². The van der Waals surface area contributed by atoms with E-state index in [1.165, 1.54) is 6.33 Å². The van der Waals surface area contributed by atoms with Gasteiger partial charge >= 0.3 is 0 Å². The lowest BCUT2D eigenvalue weighted by Gasteiger charge is -2.03. The average molecular weight is 433 g/mol. The number of fused-ring (bicyclic) bond motifs is 2. The SMILES string of the molecule is Nc1ncnn2c(CCCO)cc(-c3ccc4cn(Cc5cccc(Cl)c5)nc4c3)c12. The number of benzene rings is 2. The Bertz CT molecular complexity index is 1390. The summed E-state index contributed by atoms with van der Waals surface area (Å²) in [6.07, 6.45) is 4.84. The number of aromatic nitrogens is 5. The van der Waals surface area contributed by atoms with Crippen molar-refractivity contribution >= 4 is 33.8 Å². The summed E-state index contributed by atoms with van der Waals surface area (Å²) in [5.41, 5.74) is 11.9. The fourth-order valence-electron chi connectivity index (χ4n) is 3.93. The van der Waals surface area contributed by atoms with Crippen LogP contribution in [0.5, 0.6) is 0 Å². The van der Waals surface area contributed by atoms with E-state index >= 15 is 0 Å². The lowest BCUT2D eigenvalue weighted by Crippen LogP contribution is -2.02. The van der Waals surface area contributed by atoms with E-state index in [1.54, 1.807) is 0 Å². The summed E-state index contributed by atoms with van der Waals surface area (Å²) in [7, 11) is 0. The molecule has 3 heterocycles. The van der Waals surface area contributed by atoms with Gasteiger partial charge in [-0.15, -0.1) is 0 Å². The van der Waals surface area contributed by atoms with Crippen molar-refractivity contribution in [2.45, 2.75) is 19.4 Å². The van der Waals surface area contributed by atoms with Crippen LogP contribution in [0.2, 0.25) is 5.02 Å². The quantitative estimate of drug-likeness (QED) is 0.423. The fourth-order valence-corrected chi connectivity index (χ4v) is 4.14. The van der Waals surface area contributed by atoms with Crippen LogP contribution < -0.4 is 5.73 Å². The van der Waals surface area contributed by atoms with Crippen molar-refractivity contribution < 1.29 is 5.11 Å². The van der Waals surface area contributed by atoms with E-state index in [9.17, 15) is 5.11 Å². The third-order valence-corrected chi connectivity index (χ3v) is 5.58. The minimum absolute atomic E-state index is 0.124. The van der Waals surface area contributed by atoms with Gasteiger partial charge in [0.05, 0.1) is 12.1 Å². The van der Waals surface area contributed by atoms with Crippen LogP contribution in [0.1, 0.15) is 17.7 Å². The zero-order valence-electron chi connectivity index (χ0n) is 16.7. The molecular formula is C23H21ClN6O. The Morgan fingerprint density at radius 3 is 2.84 bits per heavy atom. The molecule has 0 saturated carbocycles. The number of hydrogen-bond acceptors (Lipinski definition) is 5. The van der Waals surface area contributed by atoms with Gasteiger partial charge < -0.3 is 10.8 Å². The number of nitrogen functional groups attached to an aromatic ring is 1. The Morgan fingerprint density at radius 2 is 2.00 bits per heavy atom. The molecule has 0 aliphatic carbocycles. The first kappa shape index (κ1) is 19.5. The number of aliphatic hydroxyl groups excluding tert-OH is 1. The van der Waals surface area contributed by atoms with Crippen molar-refractivity contribution in [3.63, 3.8) is 0 Å². The van der Waals surface area contributed by atoms with Gasteiger partial charge in [-0.3, -0.25) is 4.68 Å². The first-order chi connectivity index (χ1) is 15.1. The molecule has 0 fully saturated rings. The van der Waals surface area contributed by atoms with E-state index in [0.717, 1.165) is 38.8 Å². The molecule has 0 aliphatic rings. The van der Waals surface area contributed by atoms with Gasteiger partial charge in [0, 0.05) is 34.5 Å². The first-order valence-electron chi connectivity index (χ1n) is 10.1. The molecule has 7 nitrogen and oxygen atoms in total. The summed E-state index contributed by atoms with van der Waals surface area (Å²) in [4.78, 5) is 4.17. The number of hydrogen-bond donors (Lipinski definition) is 2. The van der Waals surface area contributed by atoms with E-state index in [4.69, 9.17) is 22.4 Å². The number of aliphatic hydroxyl groups is 1. The van der Waals surface area contributed by atoms with Gasteiger partial charge in [0.2, 0.25) is 0 Å². The summed E-state index contributed by atoms with van der Waals surface area (Å²) in [5.74, 6) is 0.423. The highest BCUT2D eigenvalue weighted by atomic mass is 35.5. The van der Waals surface area contributed by atoms with E-state index in [0.29, 0.717) is 30.2 Å². The molecule has 2 aromatic carbocycles.